The number of carboxylic acid groups (broad SMARTS) is 1. The number of carboxylic acids is 1. The third kappa shape index (κ3) is 4.22. The van der Waals surface area contributed by atoms with Gasteiger partial charge >= 0.3 is 5.97 Å². The minimum atomic E-state index is -0.748. The topological polar surface area (TPSA) is 57.6 Å². The fourth-order valence-electron chi connectivity index (χ4n) is 2.87. The van der Waals surface area contributed by atoms with Crippen LogP contribution in [0.1, 0.15) is 59.8 Å². The van der Waals surface area contributed by atoms with E-state index < -0.39 is 11.4 Å². The first-order chi connectivity index (χ1) is 8.70. The summed E-state index contributed by atoms with van der Waals surface area (Å²) in [6.07, 6.45) is 3.46. The van der Waals surface area contributed by atoms with Crippen LogP contribution in [0.4, 0.5) is 0 Å². The van der Waals surface area contributed by atoms with Gasteiger partial charge in [0.2, 0.25) is 5.91 Å². The Morgan fingerprint density at radius 2 is 1.95 bits per heavy atom. The van der Waals surface area contributed by atoms with Crippen molar-refractivity contribution < 1.29 is 14.7 Å². The highest BCUT2D eigenvalue weighted by molar-refractivity contribution is 5.80. The summed E-state index contributed by atoms with van der Waals surface area (Å²) in [7, 11) is 0. The van der Waals surface area contributed by atoms with E-state index >= 15 is 0 Å². The first-order valence-electron chi connectivity index (χ1n) is 7.21. The molecule has 1 N–H and O–H groups in total. The van der Waals surface area contributed by atoms with E-state index in [4.69, 9.17) is 0 Å². The molecule has 1 fully saturated rings. The van der Waals surface area contributed by atoms with Crippen LogP contribution >= 0.6 is 0 Å². The maximum atomic E-state index is 12.3. The van der Waals surface area contributed by atoms with Crippen molar-refractivity contribution in [2.24, 2.45) is 10.8 Å². The van der Waals surface area contributed by atoms with Crippen LogP contribution in [0.5, 0.6) is 0 Å². The zero-order valence-electron chi connectivity index (χ0n) is 12.7. The molecule has 1 amide bonds. The number of hydrogen-bond acceptors (Lipinski definition) is 2. The van der Waals surface area contributed by atoms with Crippen LogP contribution in [0.2, 0.25) is 0 Å². The number of aliphatic carboxylic acids is 1. The van der Waals surface area contributed by atoms with Gasteiger partial charge in [-0.15, -0.1) is 0 Å². The average Bonchev–Trinajstić information content (AvgIpc) is 2.27. The van der Waals surface area contributed by atoms with Crippen molar-refractivity contribution in [3.8, 4) is 0 Å². The van der Waals surface area contributed by atoms with Crippen LogP contribution in [0.25, 0.3) is 0 Å². The van der Waals surface area contributed by atoms with E-state index in [2.05, 4.69) is 0 Å². The molecule has 110 valence electrons. The fraction of sp³-hybridized carbons (Fsp3) is 0.867. The summed E-state index contributed by atoms with van der Waals surface area (Å²) in [5.41, 5.74) is -0.772. The van der Waals surface area contributed by atoms with Crippen molar-refractivity contribution in [3.63, 3.8) is 0 Å². The van der Waals surface area contributed by atoms with Gasteiger partial charge in [-0.2, -0.15) is 0 Å². The second-order valence-corrected chi connectivity index (χ2v) is 6.99. The van der Waals surface area contributed by atoms with Crippen molar-refractivity contribution >= 4 is 11.9 Å². The van der Waals surface area contributed by atoms with E-state index in [0.29, 0.717) is 32.4 Å². The van der Waals surface area contributed by atoms with Gasteiger partial charge in [0, 0.05) is 19.5 Å². The SMILES string of the molecule is CCCC1(C(=O)O)CCCN(C(=O)CC(C)(C)C)C1. The summed E-state index contributed by atoms with van der Waals surface area (Å²) < 4.78 is 0. The van der Waals surface area contributed by atoms with E-state index in [1.807, 2.05) is 27.7 Å². The number of piperidine rings is 1. The molecule has 0 aromatic heterocycles. The molecule has 1 heterocycles. The monoisotopic (exact) mass is 269 g/mol. The van der Waals surface area contributed by atoms with E-state index in [9.17, 15) is 14.7 Å². The smallest absolute Gasteiger partial charge is 0.311 e. The molecule has 0 saturated carbocycles. The number of rotatable bonds is 4. The van der Waals surface area contributed by atoms with Crippen molar-refractivity contribution in [2.75, 3.05) is 13.1 Å². The molecule has 1 atom stereocenters. The van der Waals surface area contributed by atoms with Gasteiger partial charge in [-0.1, -0.05) is 34.1 Å². The third-order valence-corrected chi connectivity index (χ3v) is 3.79. The Hall–Kier alpha value is -1.06. The Morgan fingerprint density at radius 3 is 2.42 bits per heavy atom. The number of amides is 1. The summed E-state index contributed by atoms with van der Waals surface area (Å²) in [5.74, 6) is -0.656. The Morgan fingerprint density at radius 1 is 1.32 bits per heavy atom. The molecular weight excluding hydrogens is 242 g/mol. The molecule has 1 saturated heterocycles. The molecule has 4 heteroatoms. The molecule has 0 aromatic carbocycles. The molecule has 0 aliphatic carbocycles. The average molecular weight is 269 g/mol. The number of carbonyl (C=O) groups is 2. The third-order valence-electron chi connectivity index (χ3n) is 3.79. The molecule has 0 aromatic rings. The van der Waals surface area contributed by atoms with Crippen molar-refractivity contribution in [1.29, 1.82) is 0 Å². The van der Waals surface area contributed by atoms with Crippen LogP contribution in [-0.4, -0.2) is 35.0 Å². The van der Waals surface area contributed by atoms with Gasteiger partial charge in [-0.3, -0.25) is 9.59 Å². The van der Waals surface area contributed by atoms with Crippen molar-refractivity contribution in [2.45, 2.75) is 59.8 Å². The quantitative estimate of drug-likeness (QED) is 0.853. The normalized spacial score (nSPS) is 24.3. The molecule has 1 unspecified atom stereocenters. The number of likely N-dealkylation sites (tertiary alicyclic amines) is 1. The van der Waals surface area contributed by atoms with E-state index in [1.54, 1.807) is 4.90 Å². The van der Waals surface area contributed by atoms with Gasteiger partial charge in [0.05, 0.1) is 5.41 Å². The highest BCUT2D eigenvalue weighted by atomic mass is 16.4. The second kappa shape index (κ2) is 5.93. The molecule has 0 spiro atoms. The highest BCUT2D eigenvalue weighted by Gasteiger charge is 2.42. The lowest BCUT2D eigenvalue weighted by atomic mass is 9.76. The Balaban J connectivity index is 2.77. The first kappa shape index (κ1) is 16.0. The van der Waals surface area contributed by atoms with Crippen molar-refractivity contribution in [3.05, 3.63) is 0 Å². The van der Waals surface area contributed by atoms with Crippen LogP contribution in [0.3, 0.4) is 0 Å². The molecule has 19 heavy (non-hydrogen) atoms. The Labute approximate surface area is 116 Å². The van der Waals surface area contributed by atoms with Crippen LogP contribution in [0.15, 0.2) is 0 Å². The lowest BCUT2D eigenvalue weighted by molar-refractivity contribution is -0.155. The van der Waals surface area contributed by atoms with Gasteiger partial charge in [0.25, 0.3) is 0 Å². The molecule has 0 radical (unpaired) electrons. The summed E-state index contributed by atoms with van der Waals surface area (Å²) in [6, 6.07) is 0. The van der Waals surface area contributed by atoms with Gasteiger partial charge in [-0.05, 0) is 24.7 Å². The number of nitrogens with zero attached hydrogens (tertiary/aromatic N) is 1. The molecule has 1 aliphatic heterocycles. The fourth-order valence-corrected chi connectivity index (χ4v) is 2.87. The van der Waals surface area contributed by atoms with Gasteiger partial charge in [-0.25, -0.2) is 0 Å². The van der Waals surface area contributed by atoms with Crippen LogP contribution in [0, 0.1) is 10.8 Å². The number of carbonyl (C=O) groups excluding carboxylic acids is 1. The maximum absolute atomic E-state index is 12.3. The summed E-state index contributed by atoms with van der Waals surface area (Å²) in [5, 5.41) is 9.51. The zero-order valence-corrected chi connectivity index (χ0v) is 12.7. The zero-order chi connectivity index (χ0) is 14.7. The molecule has 1 rings (SSSR count). The first-order valence-corrected chi connectivity index (χ1v) is 7.21. The van der Waals surface area contributed by atoms with E-state index in [0.717, 1.165) is 12.8 Å². The largest absolute Gasteiger partial charge is 0.481 e. The molecule has 1 aliphatic rings. The molecule has 0 bridgehead atoms. The summed E-state index contributed by atoms with van der Waals surface area (Å²) >= 11 is 0. The Bertz CT molecular complexity index is 342. The lowest BCUT2D eigenvalue weighted by Gasteiger charge is -2.40. The molecular formula is C15H27NO3. The predicted molar refractivity (Wildman–Crippen MR) is 74.9 cm³/mol. The van der Waals surface area contributed by atoms with E-state index in [1.165, 1.54) is 0 Å². The van der Waals surface area contributed by atoms with Crippen LogP contribution in [-0.2, 0) is 9.59 Å². The van der Waals surface area contributed by atoms with Crippen LogP contribution < -0.4 is 0 Å². The lowest BCUT2D eigenvalue weighted by Crippen LogP contribution is -2.50. The minimum Gasteiger partial charge on any atom is -0.481 e. The second-order valence-electron chi connectivity index (χ2n) is 6.99. The Kier molecular flexibility index (Phi) is 4.99. The summed E-state index contributed by atoms with van der Waals surface area (Å²) in [6.45, 7) is 9.18. The minimum absolute atomic E-state index is 0.0504. The van der Waals surface area contributed by atoms with Gasteiger partial charge in [0.15, 0.2) is 0 Å². The predicted octanol–water partition coefficient (Wildman–Crippen LogP) is 2.92. The number of hydrogen-bond donors (Lipinski definition) is 1. The van der Waals surface area contributed by atoms with E-state index in [-0.39, 0.29) is 11.3 Å². The van der Waals surface area contributed by atoms with Gasteiger partial charge < -0.3 is 10.0 Å². The van der Waals surface area contributed by atoms with Crippen molar-refractivity contribution in [1.82, 2.24) is 4.90 Å². The molecule has 4 nitrogen and oxygen atoms in total. The maximum Gasteiger partial charge on any atom is 0.311 e. The standard InChI is InChI=1S/C15H27NO3/c1-5-7-15(13(18)19)8-6-9-16(11-15)12(17)10-14(2,3)4/h5-11H2,1-4H3,(H,18,19). The highest BCUT2D eigenvalue weighted by Crippen LogP contribution is 2.36. The van der Waals surface area contributed by atoms with Gasteiger partial charge in [0.1, 0.15) is 0 Å². The summed E-state index contributed by atoms with van der Waals surface area (Å²) in [4.78, 5) is 25.6.